The Labute approximate surface area is 131 Å². The highest BCUT2D eigenvalue weighted by molar-refractivity contribution is 5.68. The van der Waals surface area contributed by atoms with Gasteiger partial charge < -0.3 is 4.90 Å². The Hall–Kier alpha value is -1.50. The summed E-state index contributed by atoms with van der Waals surface area (Å²) in [4.78, 5) is 2.53. The van der Waals surface area contributed by atoms with Crippen molar-refractivity contribution >= 4 is 17.8 Å². The van der Waals surface area contributed by atoms with Crippen LogP contribution in [0, 0.1) is 0 Å². The summed E-state index contributed by atoms with van der Waals surface area (Å²) in [5, 5.41) is 0. The van der Waals surface area contributed by atoms with Crippen molar-refractivity contribution < 1.29 is 0 Å². The predicted octanol–water partition coefficient (Wildman–Crippen LogP) is 6.16. The Morgan fingerprint density at radius 1 is 0.857 bits per heavy atom. The summed E-state index contributed by atoms with van der Waals surface area (Å²) in [6.45, 7) is 14.6. The molecular formula is C20H31N. The molecule has 0 N–H and O–H groups in total. The second kappa shape index (κ2) is 10.3. The molecule has 1 rings (SSSR count). The summed E-state index contributed by atoms with van der Waals surface area (Å²) in [5.41, 5.74) is 3.66. The van der Waals surface area contributed by atoms with Crippen molar-refractivity contribution in [3.05, 3.63) is 42.5 Å². The van der Waals surface area contributed by atoms with E-state index in [9.17, 15) is 0 Å². The van der Waals surface area contributed by atoms with Crippen LogP contribution in [-0.4, -0.2) is 13.1 Å². The van der Waals surface area contributed by atoms with Gasteiger partial charge in [-0.15, -0.1) is 0 Å². The van der Waals surface area contributed by atoms with E-state index < -0.39 is 0 Å². The van der Waals surface area contributed by atoms with E-state index in [1.165, 1.54) is 49.8 Å². The van der Waals surface area contributed by atoms with Gasteiger partial charge in [0.05, 0.1) is 0 Å². The van der Waals surface area contributed by atoms with Gasteiger partial charge in [0.1, 0.15) is 0 Å². The van der Waals surface area contributed by atoms with E-state index in [-0.39, 0.29) is 0 Å². The molecule has 0 unspecified atom stereocenters. The monoisotopic (exact) mass is 285 g/mol. The summed E-state index contributed by atoms with van der Waals surface area (Å²) >= 11 is 0. The van der Waals surface area contributed by atoms with Crippen LogP contribution in [0.25, 0.3) is 12.2 Å². The molecule has 0 saturated heterocycles. The van der Waals surface area contributed by atoms with Crippen LogP contribution in [0.4, 0.5) is 5.69 Å². The first-order chi connectivity index (χ1) is 10.3. The summed E-state index contributed by atoms with van der Waals surface area (Å²) in [6, 6.07) is 6.63. The topological polar surface area (TPSA) is 3.24 Å². The van der Waals surface area contributed by atoms with Gasteiger partial charge in [0.15, 0.2) is 0 Å². The van der Waals surface area contributed by atoms with E-state index in [1.54, 1.807) is 0 Å². The molecule has 0 atom stereocenters. The van der Waals surface area contributed by atoms with Gasteiger partial charge in [0.25, 0.3) is 0 Å². The second-order valence-electron chi connectivity index (χ2n) is 5.62. The van der Waals surface area contributed by atoms with Gasteiger partial charge in [0, 0.05) is 18.8 Å². The molecule has 0 radical (unpaired) electrons. The standard InChI is InChI=1S/C20H31N/c1-5-9-11-15-21(16-12-10-6-2)20-14-13-18(7-3)19(8-4)17-20/h7-8,13-14,17H,3-6,9-12,15-16H2,1-2H3. The van der Waals surface area contributed by atoms with Crippen molar-refractivity contribution in [3.63, 3.8) is 0 Å². The lowest BCUT2D eigenvalue weighted by molar-refractivity contribution is 0.636. The van der Waals surface area contributed by atoms with Crippen LogP contribution in [0.2, 0.25) is 0 Å². The number of benzene rings is 1. The molecule has 1 nitrogen and oxygen atoms in total. The maximum atomic E-state index is 3.92. The van der Waals surface area contributed by atoms with E-state index in [0.29, 0.717) is 0 Å². The lowest BCUT2D eigenvalue weighted by Gasteiger charge is -2.25. The number of hydrogen-bond donors (Lipinski definition) is 0. The SMILES string of the molecule is C=Cc1ccc(N(CCCCC)CCCCC)cc1C=C. The number of nitrogens with zero attached hydrogens (tertiary/aromatic N) is 1. The second-order valence-corrected chi connectivity index (χ2v) is 5.62. The van der Waals surface area contributed by atoms with Crippen LogP contribution in [0.5, 0.6) is 0 Å². The van der Waals surface area contributed by atoms with Gasteiger partial charge in [-0.2, -0.15) is 0 Å². The molecule has 1 aromatic rings. The van der Waals surface area contributed by atoms with Crippen molar-refractivity contribution in [2.24, 2.45) is 0 Å². The van der Waals surface area contributed by atoms with Gasteiger partial charge in [-0.25, -0.2) is 0 Å². The zero-order valence-corrected chi connectivity index (χ0v) is 13.9. The molecule has 0 bridgehead atoms. The molecular weight excluding hydrogens is 254 g/mol. The van der Waals surface area contributed by atoms with Crippen LogP contribution in [-0.2, 0) is 0 Å². The van der Waals surface area contributed by atoms with E-state index in [1.807, 2.05) is 12.2 Å². The maximum Gasteiger partial charge on any atom is 0.0372 e. The number of unbranched alkanes of at least 4 members (excludes halogenated alkanes) is 4. The van der Waals surface area contributed by atoms with Crippen molar-refractivity contribution in [3.8, 4) is 0 Å². The fourth-order valence-corrected chi connectivity index (χ4v) is 2.60. The van der Waals surface area contributed by atoms with E-state index in [4.69, 9.17) is 0 Å². The van der Waals surface area contributed by atoms with Crippen LogP contribution in [0.3, 0.4) is 0 Å². The fourth-order valence-electron chi connectivity index (χ4n) is 2.60. The summed E-state index contributed by atoms with van der Waals surface area (Å²) in [6.07, 6.45) is 11.5. The predicted molar refractivity (Wildman–Crippen MR) is 97.9 cm³/mol. The third-order valence-corrected chi connectivity index (χ3v) is 3.94. The first-order valence-electron chi connectivity index (χ1n) is 8.40. The molecule has 1 heteroatoms. The molecule has 0 aliphatic heterocycles. The van der Waals surface area contributed by atoms with E-state index in [2.05, 4.69) is 50.1 Å². The van der Waals surface area contributed by atoms with Crippen molar-refractivity contribution in [2.45, 2.75) is 52.4 Å². The maximum absolute atomic E-state index is 3.92. The zero-order valence-electron chi connectivity index (χ0n) is 13.9. The Balaban J connectivity index is 2.84. The van der Waals surface area contributed by atoms with Crippen LogP contribution in [0.15, 0.2) is 31.4 Å². The molecule has 0 amide bonds. The zero-order chi connectivity index (χ0) is 15.5. The van der Waals surface area contributed by atoms with Gasteiger partial charge in [0.2, 0.25) is 0 Å². The Bertz CT molecular complexity index is 423. The Kier molecular flexibility index (Phi) is 8.57. The smallest absolute Gasteiger partial charge is 0.0372 e. The highest BCUT2D eigenvalue weighted by Crippen LogP contribution is 2.22. The first-order valence-corrected chi connectivity index (χ1v) is 8.40. The normalized spacial score (nSPS) is 10.4. The van der Waals surface area contributed by atoms with Crippen LogP contribution in [0.1, 0.15) is 63.5 Å². The first kappa shape index (κ1) is 17.6. The lowest BCUT2D eigenvalue weighted by Crippen LogP contribution is -2.25. The van der Waals surface area contributed by atoms with Crippen LogP contribution >= 0.6 is 0 Å². The third kappa shape index (κ3) is 5.79. The third-order valence-electron chi connectivity index (χ3n) is 3.94. The highest BCUT2D eigenvalue weighted by atomic mass is 15.1. The molecule has 1 aromatic carbocycles. The Morgan fingerprint density at radius 3 is 1.90 bits per heavy atom. The van der Waals surface area contributed by atoms with Crippen molar-refractivity contribution in [1.82, 2.24) is 0 Å². The average molecular weight is 285 g/mol. The quantitative estimate of drug-likeness (QED) is 0.440. The van der Waals surface area contributed by atoms with E-state index in [0.717, 1.165) is 18.7 Å². The van der Waals surface area contributed by atoms with Crippen LogP contribution < -0.4 is 4.90 Å². The summed E-state index contributed by atoms with van der Waals surface area (Å²) < 4.78 is 0. The molecule has 0 aliphatic carbocycles. The number of anilines is 1. The van der Waals surface area contributed by atoms with E-state index >= 15 is 0 Å². The molecule has 0 aliphatic rings. The van der Waals surface area contributed by atoms with Gasteiger partial charge >= 0.3 is 0 Å². The van der Waals surface area contributed by atoms with Gasteiger partial charge in [-0.05, 0) is 36.1 Å². The van der Waals surface area contributed by atoms with Crippen molar-refractivity contribution in [2.75, 3.05) is 18.0 Å². The molecule has 0 aromatic heterocycles. The minimum Gasteiger partial charge on any atom is -0.372 e. The fraction of sp³-hybridized carbons (Fsp3) is 0.500. The molecule has 116 valence electrons. The van der Waals surface area contributed by atoms with Crippen molar-refractivity contribution in [1.29, 1.82) is 0 Å². The molecule has 0 saturated carbocycles. The molecule has 0 heterocycles. The lowest BCUT2D eigenvalue weighted by atomic mass is 10.1. The van der Waals surface area contributed by atoms with Gasteiger partial charge in [-0.1, -0.05) is 70.9 Å². The molecule has 0 fully saturated rings. The molecule has 21 heavy (non-hydrogen) atoms. The highest BCUT2D eigenvalue weighted by Gasteiger charge is 2.07. The largest absolute Gasteiger partial charge is 0.372 e. The Morgan fingerprint density at radius 2 is 1.43 bits per heavy atom. The number of hydrogen-bond acceptors (Lipinski definition) is 1. The minimum atomic E-state index is 1.15. The van der Waals surface area contributed by atoms with Gasteiger partial charge in [-0.3, -0.25) is 0 Å². The number of rotatable bonds is 11. The minimum absolute atomic E-state index is 1.15. The summed E-state index contributed by atoms with van der Waals surface area (Å²) in [7, 11) is 0. The molecule has 0 spiro atoms. The average Bonchev–Trinajstić information content (AvgIpc) is 2.53. The summed E-state index contributed by atoms with van der Waals surface area (Å²) in [5.74, 6) is 0.